The van der Waals surface area contributed by atoms with Crippen molar-refractivity contribution < 1.29 is 14.7 Å². The topological polar surface area (TPSA) is 69.6 Å². The Morgan fingerprint density at radius 3 is 2.65 bits per heavy atom. The third-order valence-corrected chi connectivity index (χ3v) is 3.13. The largest absolute Gasteiger partial charge is 0.480 e. The van der Waals surface area contributed by atoms with Crippen molar-refractivity contribution in [2.24, 2.45) is 0 Å². The molecule has 0 aromatic heterocycles. The quantitative estimate of drug-likeness (QED) is 0.766. The Morgan fingerprint density at radius 2 is 2.00 bits per heavy atom. The number of carboxylic acid groups (broad SMARTS) is 1. The molecule has 0 saturated carbocycles. The van der Waals surface area contributed by atoms with Gasteiger partial charge in [0.15, 0.2) is 0 Å². The molecule has 5 nitrogen and oxygen atoms in total. The van der Waals surface area contributed by atoms with Crippen molar-refractivity contribution in [3.8, 4) is 0 Å². The van der Waals surface area contributed by atoms with Crippen molar-refractivity contribution in [3.63, 3.8) is 0 Å². The van der Waals surface area contributed by atoms with E-state index >= 15 is 0 Å². The van der Waals surface area contributed by atoms with Crippen LogP contribution in [0.3, 0.4) is 0 Å². The average Bonchev–Trinajstić information content (AvgIpc) is 2.25. The van der Waals surface area contributed by atoms with E-state index < -0.39 is 12.0 Å². The molecular weight excluding hydrogens is 220 g/mol. The number of carbonyl (C=O) groups is 2. The highest BCUT2D eigenvalue weighted by Crippen LogP contribution is 2.17. The number of carbonyl (C=O) groups excluding carboxylic acids is 1. The lowest BCUT2D eigenvalue weighted by molar-refractivity contribution is -0.150. The Morgan fingerprint density at radius 1 is 1.29 bits per heavy atom. The van der Waals surface area contributed by atoms with Crippen molar-refractivity contribution in [2.45, 2.75) is 45.1 Å². The van der Waals surface area contributed by atoms with Gasteiger partial charge >= 0.3 is 5.97 Å². The van der Waals surface area contributed by atoms with Crippen LogP contribution in [0, 0.1) is 0 Å². The fourth-order valence-corrected chi connectivity index (χ4v) is 2.17. The predicted octanol–water partition coefficient (Wildman–Crippen LogP) is 0.842. The van der Waals surface area contributed by atoms with Gasteiger partial charge in [-0.15, -0.1) is 0 Å². The van der Waals surface area contributed by atoms with Crippen LogP contribution in [0.1, 0.15) is 39.0 Å². The van der Waals surface area contributed by atoms with Gasteiger partial charge in [0.25, 0.3) is 0 Å². The van der Waals surface area contributed by atoms with E-state index in [1.165, 1.54) is 4.90 Å². The second kappa shape index (κ2) is 7.27. The third kappa shape index (κ3) is 4.34. The fraction of sp³-hybridized carbons (Fsp3) is 0.833. The van der Waals surface area contributed by atoms with Crippen LogP contribution in [-0.4, -0.2) is 47.6 Å². The molecule has 1 saturated heterocycles. The van der Waals surface area contributed by atoms with Crippen molar-refractivity contribution in [3.05, 3.63) is 0 Å². The van der Waals surface area contributed by atoms with Crippen LogP contribution in [-0.2, 0) is 9.59 Å². The molecule has 98 valence electrons. The van der Waals surface area contributed by atoms with Gasteiger partial charge < -0.3 is 15.3 Å². The van der Waals surface area contributed by atoms with Crippen LogP contribution in [0.15, 0.2) is 0 Å². The minimum Gasteiger partial charge on any atom is -0.480 e. The monoisotopic (exact) mass is 242 g/mol. The molecule has 0 aromatic rings. The normalized spacial score (nSPS) is 21.7. The first-order chi connectivity index (χ1) is 8.16. The lowest BCUT2D eigenvalue weighted by Crippen LogP contribution is -2.49. The van der Waals surface area contributed by atoms with Crippen molar-refractivity contribution in [1.29, 1.82) is 0 Å². The Bertz CT molecular complexity index is 268. The number of likely N-dealkylation sites (N-methyl/N-ethyl adjacent to an activating group) is 1. The zero-order valence-corrected chi connectivity index (χ0v) is 10.4. The minimum atomic E-state index is -0.878. The van der Waals surface area contributed by atoms with Gasteiger partial charge in [0.1, 0.15) is 6.04 Å². The molecule has 1 heterocycles. The number of carboxylic acids is 1. The van der Waals surface area contributed by atoms with Gasteiger partial charge in [-0.2, -0.15) is 0 Å². The van der Waals surface area contributed by atoms with Gasteiger partial charge in [0.05, 0.1) is 6.54 Å². The second-order valence-electron chi connectivity index (χ2n) is 4.42. The van der Waals surface area contributed by atoms with Gasteiger partial charge in [-0.05, 0) is 19.4 Å². The SMILES string of the molecule is CCNCC(=O)N1CCCCCCC1C(=O)O. The van der Waals surface area contributed by atoms with Crippen LogP contribution in [0.2, 0.25) is 0 Å². The molecule has 5 heteroatoms. The molecule has 1 amide bonds. The first-order valence-electron chi connectivity index (χ1n) is 6.39. The van der Waals surface area contributed by atoms with Crippen LogP contribution in [0.25, 0.3) is 0 Å². The molecule has 1 unspecified atom stereocenters. The van der Waals surface area contributed by atoms with E-state index in [0.29, 0.717) is 13.0 Å². The standard InChI is InChI=1S/C12H22N2O3/c1-2-13-9-11(15)14-8-6-4-3-5-7-10(14)12(16)17/h10,13H,2-9H2,1H3,(H,16,17). The maximum atomic E-state index is 11.9. The Hall–Kier alpha value is -1.10. The molecule has 2 N–H and O–H groups in total. The summed E-state index contributed by atoms with van der Waals surface area (Å²) in [7, 11) is 0. The van der Waals surface area contributed by atoms with Crippen LogP contribution >= 0.6 is 0 Å². The van der Waals surface area contributed by atoms with E-state index in [2.05, 4.69) is 5.32 Å². The summed E-state index contributed by atoms with van der Waals surface area (Å²) < 4.78 is 0. The van der Waals surface area contributed by atoms with Crippen molar-refractivity contribution in [2.75, 3.05) is 19.6 Å². The third-order valence-electron chi connectivity index (χ3n) is 3.13. The molecule has 17 heavy (non-hydrogen) atoms. The van der Waals surface area contributed by atoms with Gasteiger partial charge in [-0.3, -0.25) is 4.79 Å². The number of rotatable bonds is 4. The van der Waals surface area contributed by atoms with E-state index in [1.807, 2.05) is 6.92 Å². The summed E-state index contributed by atoms with van der Waals surface area (Å²) in [6.45, 7) is 3.45. The maximum absolute atomic E-state index is 11.9. The predicted molar refractivity (Wildman–Crippen MR) is 64.8 cm³/mol. The number of likely N-dealkylation sites (tertiary alicyclic amines) is 1. The van der Waals surface area contributed by atoms with Crippen LogP contribution < -0.4 is 5.32 Å². The van der Waals surface area contributed by atoms with Crippen LogP contribution in [0.4, 0.5) is 0 Å². The van der Waals surface area contributed by atoms with Crippen molar-refractivity contribution in [1.82, 2.24) is 10.2 Å². The maximum Gasteiger partial charge on any atom is 0.326 e. The summed E-state index contributed by atoms with van der Waals surface area (Å²) in [6.07, 6.45) is 4.52. The summed E-state index contributed by atoms with van der Waals surface area (Å²) in [6, 6.07) is -0.638. The lowest BCUT2D eigenvalue weighted by atomic mass is 10.0. The minimum absolute atomic E-state index is 0.0962. The first-order valence-corrected chi connectivity index (χ1v) is 6.39. The fourth-order valence-electron chi connectivity index (χ4n) is 2.17. The number of amides is 1. The highest BCUT2D eigenvalue weighted by molar-refractivity contribution is 5.84. The summed E-state index contributed by atoms with van der Waals surface area (Å²) in [5, 5.41) is 12.1. The van der Waals surface area contributed by atoms with E-state index in [0.717, 1.165) is 32.2 Å². The van der Waals surface area contributed by atoms with E-state index in [9.17, 15) is 14.7 Å². The molecule has 0 bridgehead atoms. The van der Waals surface area contributed by atoms with Gasteiger partial charge in [-0.25, -0.2) is 4.79 Å². The van der Waals surface area contributed by atoms with Gasteiger partial charge in [0, 0.05) is 6.54 Å². The molecule has 1 rings (SSSR count). The van der Waals surface area contributed by atoms with Crippen LogP contribution in [0.5, 0.6) is 0 Å². The highest BCUT2D eigenvalue weighted by atomic mass is 16.4. The molecule has 1 fully saturated rings. The molecular formula is C12H22N2O3. The first kappa shape index (κ1) is 14.0. The molecule has 0 radical (unpaired) electrons. The smallest absolute Gasteiger partial charge is 0.326 e. The Kier molecular flexibility index (Phi) is 5.97. The number of nitrogens with zero attached hydrogens (tertiary/aromatic N) is 1. The molecule has 0 aromatic carbocycles. The molecule has 1 aliphatic heterocycles. The van der Waals surface area contributed by atoms with Gasteiger partial charge in [0.2, 0.25) is 5.91 Å². The number of aliphatic carboxylic acids is 1. The zero-order chi connectivity index (χ0) is 12.7. The summed E-state index contributed by atoms with van der Waals surface area (Å²) in [5.41, 5.74) is 0. The summed E-state index contributed by atoms with van der Waals surface area (Å²) in [4.78, 5) is 24.7. The Balaban J connectivity index is 2.65. The van der Waals surface area contributed by atoms with E-state index in [-0.39, 0.29) is 12.5 Å². The Labute approximate surface area is 102 Å². The van der Waals surface area contributed by atoms with E-state index in [4.69, 9.17) is 0 Å². The summed E-state index contributed by atoms with van der Waals surface area (Å²) >= 11 is 0. The summed E-state index contributed by atoms with van der Waals surface area (Å²) in [5.74, 6) is -0.974. The van der Waals surface area contributed by atoms with E-state index in [1.54, 1.807) is 0 Å². The molecule has 1 atom stereocenters. The van der Waals surface area contributed by atoms with Crippen molar-refractivity contribution >= 4 is 11.9 Å². The second-order valence-corrected chi connectivity index (χ2v) is 4.42. The molecule has 0 spiro atoms. The number of hydrogen-bond donors (Lipinski definition) is 2. The average molecular weight is 242 g/mol. The molecule has 1 aliphatic rings. The van der Waals surface area contributed by atoms with Gasteiger partial charge in [-0.1, -0.05) is 26.2 Å². The highest BCUT2D eigenvalue weighted by Gasteiger charge is 2.29. The number of hydrogen-bond acceptors (Lipinski definition) is 3. The zero-order valence-electron chi connectivity index (χ0n) is 10.4. The molecule has 0 aliphatic carbocycles. The number of nitrogens with one attached hydrogen (secondary N) is 1. The lowest BCUT2D eigenvalue weighted by Gasteiger charge is -2.31.